The molecule has 1 atom stereocenters. The van der Waals surface area contributed by atoms with Gasteiger partial charge in [-0.05, 0) is 59.7 Å². The molecule has 27 heavy (non-hydrogen) atoms. The van der Waals surface area contributed by atoms with E-state index in [1.807, 2.05) is 36.4 Å². The van der Waals surface area contributed by atoms with Crippen LogP contribution in [0, 0.1) is 0 Å². The minimum absolute atomic E-state index is 0.0925. The largest absolute Gasteiger partial charge is 0.507 e. The molecule has 0 saturated heterocycles. The number of carbonyl (C=O) groups is 1. The van der Waals surface area contributed by atoms with Crippen molar-refractivity contribution in [1.29, 1.82) is 0 Å². The van der Waals surface area contributed by atoms with Gasteiger partial charge in [-0.2, -0.15) is 0 Å². The number of nitrogens with zero attached hydrogens (tertiary/aromatic N) is 1. The maximum absolute atomic E-state index is 12.0. The Morgan fingerprint density at radius 2 is 1.67 bits per heavy atom. The number of hydrogen-bond acceptors (Lipinski definition) is 4. The minimum atomic E-state index is -0.567. The van der Waals surface area contributed by atoms with Gasteiger partial charge in [-0.1, -0.05) is 18.2 Å². The molecule has 0 aliphatic heterocycles. The summed E-state index contributed by atoms with van der Waals surface area (Å²) in [5.41, 5.74) is 1.56. The molecule has 1 unspecified atom stereocenters. The third-order valence-corrected chi connectivity index (χ3v) is 4.43. The summed E-state index contributed by atoms with van der Waals surface area (Å²) >= 11 is 0. The lowest BCUT2D eigenvalue weighted by atomic mass is 10.00. The van der Waals surface area contributed by atoms with Crippen LogP contribution in [0.2, 0.25) is 0 Å². The first-order valence-electron chi connectivity index (χ1n) is 8.68. The molecule has 0 spiro atoms. The summed E-state index contributed by atoms with van der Waals surface area (Å²) in [5.74, 6) is 1.39. The van der Waals surface area contributed by atoms with Crippen molar-refractivity contribution in [3.63, 3.8) is 0 Å². The van der Waals surface area contributed by atoms with Gasteiger partial charge in [-0.3, -0.25) is 4.79 Å². The first kappa shape index (κ1) is 18.6. The second-order valence-electron chi connectivity index (χ2n) is 6.60. The lowest BCUT2D eigenvalue weighted by Gasteiger charge is -2.18. The molecule has 3 rings (SSSR count). The molecule has 5 nitrogen and oxygen atoms in total. The topological polar surface area (TPSA) is 59.0 Å². The van der Waals surface area contributed by atoms with E-state index < -0.39 is 6.10 Å². The van der Waals surface area contributed by atoms with Crippen molar-refractivity contribution in [1.82, 2.24) is 4.90 Å². The van der Waals surface area contributed by atoms with Gasteiger partial charge in [0.05, 0.1) is 7.11 Å². The molecule has 0 aromatic heterocycles. The van der Waals surface area contributed by atoms with E-state index in [1.165, 1.54) is 4.90 Å². The van der Waals surface area contributed by atoms with Crippen LogP contribution in [0.1, 0.15) is 6.92 Å². The highest BCUT2D eigenvalue weighted by Gasteiger charge is 2.16. The monoisotopic (exact) mass is 365 g/mol. The van der Waals surface area contributed by atoms with Gasteiger partial charge in [0, 0.05) is 19.7 Å². The van der Waals surface area contributed by atoms with Gasteiger partial charge in [0.25, 0.3) is 5.91 Å². The molecule has 1 N–H and O–H groups in total. The number of aromatic hydroxyl groups is 1. The van der Waals surface area contributed by atoms with E-state index in [4.69, 9.17) is 9.47 Å². The van der Waals surface area contributed by atoms with Crippen LogP contribution >= 0.6 is 0 Å². The van der Waals surface area contributed by atoms with Crippen molar-refractivity contribution in [3.05, 3.63) is 54.6 Å². The van der Waals surface area contributed by atoms with Gasteiger partial charge < -0.3 is 19.5 Å². The number of fused-ring (bicyclic) bond motifs is 1. The van der Waals surface area contributed by atoms with Gasteiger partial charge >= 0.3 is 0 Å². The van der Waals surface area contributed by atoms with Gasteiger partial charge in [0.15, 0.2) is 6.10 Å². The van der Waals surface area contributed by atoms with Crippen LogP contribution in [0.3, 0.4) is 0 Å². The summed E-state index contributed by atoms with van der Waals surface area (Å²) in [6.45, 7) is 1.73. The molecule has 0 aliphatic rings. The zero-order chi connectivity index (χ0) is 19.6. The summed E-state index contributed by atoms with van der Waals surface area (Å²) < 4.78 is 11.0. The maximum atomic E-state index is 12.0. The van der Waals surface area contributed by atoms with Crippen molar-refractivity contribution in [2.75, 3.05) is 21.2 Å². The van der Waals surface area contributed by atoms with E-state index >= 15 is 0 Å². The number of ether oxygens (including phenoxy) is 2. The molecule has 0 aliphatic carbocycles. The van der Waals surface area contributed by atoms with Crippen LogP contribution in [0.4, 0.5) is 0 Å². The second-order valence-corrected chi connectivity index (χ2v) is 6.60. The Kier molecular flexibility index (Phi) is 5.21. The van der Waals surface area contributed by atoms with E-state index in [-0.39, 0.29) is 11.7 Å². The third kappa shape index (κ3) is 3.97. The molecule has 5 heteroatoms. The highest BCUT2D eigenvalue weighted by Crippen LogP contribution is 2.35. The fourth-order valence-electron chi connectivity index (χ4n) is 2.96. The van der Waals surface area contributed by atoms with Crippen molar-refractivity contribution in [3.8, 4) is 28.4 Å². The van der Waals surface area contributed by atoms with Gasteiger partial charge in [-0.25, -0.2) is 0 Å². The number of methoxy groups -OCH3 is 1. The minimum Gasteiger partial charge on any atom is -0.507 e. The number of likely N-dealkylation sites (N-methyl/N-ethyl adjacent to an activating group) is 1. The molecule has 3 aromatic carbocycles. The lowest BCUT2D eigenvalue weighted by molar-refractivity contribution is -0.135. The molecule has 0 bridgehead atoms. The Bertz CT molecular complexity index is 981. The Morgan fingerprint density at radius 3 is 2.37 bits per heavy atom. The number of benzene rings is 3. The van der Waals surface area contributed by atoms with E-state index in [0.29, 0.717) is 17.1 Å². The van der Waals surface area contributed by atoms with Crippen LogP contribution in [-0.4, -0.2) is 43.2 Å². The van der Waals surface area contributed by atoms with E-state index in [1.54, 1.807) is 46.3 Å². The lowest BCUT2D eigenvalue weighted by Crippen LogP contribution is -2.35. The number of amides is 1. The summed E-state index contributed by atoms with van der Waals surface area (Å²) in [6, 6.07) is 16.8. The van der Waals surface area contributed by atoms with Crippen LogP contribution in [0.15, 0.2) is 54.6 Å². The highest BCUT2D eigenvalue weighted by atomic mass is 16.5. The van der Waals surface area contributed by atoms with Crippen molar-refractivity contribution in [2.24, 2.45) is 0 Å². The smallest absolute Gasteiger partial charge is 0.262 e. The Labute approximate surface area is 158 Å². The van der Waals surface area contributed by atoms with Crippen molar-refractivity contribution >= 4 is 16.7 Å². The molecule has 140 valence electrons. The van der Waals surface area contributed by atoms with Crippen molar-refractivity contribution < 1.29 is 19.4 Å². The fourth-order valence-corrected chi connectivity index (χ4v) is 2.96. The molecule has 0 saturated carbocycles. The van der Waals surface area contributed by atoms with E-state index in [2.05, 4.69) is 0 Å². The Morgan fingerprint density at radius 1 is 0.963 bits per heavy atom. The standard InChI is InChI=1S/C22H23NO4/c1-14(22(25)23(2)3)27-19-8-7-15-5-6-16(11-17(15)12-19)20-13-18(26-4)9-10-21(20)24/h5-14,24H,1-4H3. The highest BCUT2D eigenvalue weighted by molar-refractivity contribution is 5.89. The first-order valence-corrected chi connectivity index (χ1v) is 8.68. The number of phenols is 1. The Hall–Kier alpha value is -3.21. The second kappa shape index (κ2) is 7.58. The molecule has 0 heterocycles. The maximum Gasteiger partial charge on any atom is 0.262 e. The normalized spacial score (nSPS) is 11.9. The predicted molar refractivity (Wildman–Crippen MR) is 106 cm³/mol. The van der Waals surface area contributed by atoms with Crippen LogP contribution in [-0.2, 0) is 4.79 Å². The molecule has 1 amide bonds. The summed E-state index contributed by atoms with van der Waals surface area (Å²) in [4.78, 5) is 13.5. The quantitative estimate of drug-likeness (QED) is 0.740. The molecule has 3 aromatic rings. The van der Waals surface area contributed by atoms with E-state index in [0.717, 1.165) is 16.3 Å². The summed E-state index contributed by atoms with van der Waals surface area (Å²) in [7, 11) is 5.00. The summed E-state index contributed by atoms with van der Waals surface area (Å²) in [6.07, 6.45) is -0.567. The molecular weight excluding hydrogens is 342 g/mol. The van der Waals surface area contributed by atoms with Gasteiger partial charge in [-0.15, -0.1) is 0 Å². The van der Waals surface area contributed by atoms with Crippen LogP contribution in [0.25, 0.3) is 21.9 Å². The third-order valence-electron chi connectivity index (χ3n) is 4.43. The van der Waals surface area contributed by atoms with E-state index in [9.17, 15) is 9.90 Å². The average molecular weight is 365 g/mol. The number of phenolic OH excluding ortho intramolecular Hbond substituents is 1. The first-order chi connectivity index (χ1) is 12.9. The van der Waals surface area contributed by atoms with Crippen LogP contribution < -0.4 is 9.47 Å². The molecule has 0 fully saturated rings. The zero-order valence-electron chi connectivity index (χ0n) is 15.9. The van der Waals surface area contributed by atoms with Crippen LogP contribution in [0.5, 0.6) is 17.2 Å². The number of hydrogen-bond donors (Lipinski definition) is 1. The summed E-state index contributed by atoms with van der Waals surface area (Å²) in [5, 5.41) is 12.2. The SMILES string of the molecule is COc1ccc(O)c(-c2ccc3ccc(OC(C)C(=O)N(C)C)cc3c2)c1. The predicted octanol–water partition coefficient (Wildman–Crippen LogP) is 4.08. The number of carbonyl (C=O) groups excluding carboxylic acids is 1. The average Bonchev–Trinajstić information content (AvgIpc) is 2.67. The zero-order valence-corrected chi connectivity index (χ0v) is 15.9. The molecular formula is C22H23NO4. The number of rotatable bonds is 5. The molecule has 0 radical (unpaired) electrons. The van der Waals surface area contributed by atoms with Gasteiger partial charge in [0.2, 0.25) is 0 Å². The Balaban J connectivity index is 1.96. The van der Waals surface area contributed by atoms with Gasteiger partial charge in [0.1, 0.15) is 17.2 Å². The van der Waals surface area contributed by atoms with Crippen molar-refractivity contribution in [2.45, 2.75) is 13.0 Å². The fraction of sp³-hybridized carbons (Fsp3) is 0.227.